The number of rotatable bonds is 8. The predicted octanol–water partition coefficient (Wildman–Crippen LogP) is 2.82. The van der Waals surface area contributed by atoms with Crippen molar-refractivity contribution >= 4 is 11.8 Å². The summed E-state index contributed by atoms with van der Waals surface area (Å²) in [5.74, 6) is 1.39. The summed E-state index contributed by atoms with van der Waals surface area (Å²) in [5, 5.41) is 2.99. The average molecular weight is 376 g/mol. The zero-order valence-corrected chi connectivity index (χ0v) is 17.1. The van der Waals surface area contributed by atoms with Gasteiger partial charge < -0.3 is 19.7 Å². The Kier molecular flexibility index (Phi) is 7.51. The molecule has 0 bridgehead atoms. The van der Waals surface area contributed by atoms with E-state index >= 15 is 0 Å². The van der Waals surface area contributed by atoms with Crippen LogP contribution in [0.2, 0.25) is 0 Å². The molecule has 1 aliphatic rings. The Morgan fingerprint density at radius 2 is 1.96 bits per heavy atom. The van der Waals surface area contributed by atoms with E-state index in [1.165, 1.54) is 0 Å². The summed E-state index contributed by atoms with van der Waals surface area (Å²) in [6.07, 6.45) is 1.37. The summed E-state index contributed by atoms with van der Waals surface area (Å²) in [4.78, 5) is 27.3. The highest BCUT2D eigenvalue weighted by atomic mass is 16.5. The molecule has 1 aromatic carbocycles. The van der Waals surface area contributed by atoms with Crippen molar-refractivity contribution in [1.82, 2.24) is 10.2 Å². The normalized spacial score (nSPS) is 19.3. The van der Waals surface area contributed by atoms with Crippen molar-refractivity contribution in [3.63, 3.8) is 0 Å². The topological polar surface area (TPSA) is 67.9 Å². The van der Waals surface area contributed by atoms with Crippen LogP contribution in [0.25, 0.3) is 0 Å². The molecule has 0 radical (unpaired) electrons. The number of amides is 2. The molecule has 0 aliphatic carbocycles. The fourth-order valence-corrected chi connectivity index (χ4v) is 3.58. The highest BCUT2D eigenvalue weighted by Gasteiger charge is 2.41. The lowest BCUT2D eigenvalue weighted by Gasteiger charge is -2.21. The molecule has 1 saturated heterocycles. The first-order valence-corrected chi connectivity index (χ1v) is 9.68. The van der Waals surface area contributed by atoms with Gasteiger partial charge in [-0.05, 0) is 30.5 Å². The first-order valence-electron chi connectivity index (χ1n) is 9.68. The van der Waals surface area contributed by atoms with E-state index in [4.69, 9.17) is 9.47 Å². The molecule has 1 aromatic rings. The molecule has 2 atom stereocenters. The third-order valence-corrected chi connectivity index (χ3v) is 4.98. The number of nitrogens with one attached hydrogen (secondary N) is 1. The van der Waals surface area contributed by atoms with Crippen LogP contribution >= 0.6 is 0 Å². The molecule has 6 heteroatoms. The number of ether oxygens (including phenoxy) is 2. The largest absolute Gasteiger partial charge is 0.497 e. The number of likely N-dealkylation sites (tertiary alicyclic amines) is 1. The molecular weight excluding hydrogens is 344 g/mol. The van der Waals surface area contributed by atoms with E-state index in [1.54, 1.807) is 14.2 Å². The van der Waals surface area contributed by atoms with Crippen LogP contribution in [0.5, 0.6) is 11.5 Å². The smallest absolute Gasteiger partial charge is 0.225 e. The Hall–Kier alpha value is -2.24. The summed E-state index contributed by atoms with van der Waals surface area (Å²) >= 11 is 0. The summed E-state index contributed by atoms with van der Waals surface area (Å²) in [5.41, 5.74) is 0.911. The van der Waals surface area contributed by atoms with Crippen molar-refractivity contribution in [2.75, 3.05) is 33.9 Å². The third kappa shape index (κ3) is 5.15. The van der Waals surface area contributed by atoms with Gasteiger partial charge in [0.15, 0.2) is 0 Å². The molecule has 2 unspecified atom stereocenters. The van der Waals surface area contributed by atoms with E-state index in [9.17, 15) is 9.59 Å². The maximum Gasteiger partial charge on any atom is 0.225 e. The van der Waals surface area contributed by atoms with E-state index in [2.05, 4.69) is 5.32 Å². The zero-order chi connectivity index (χ0) is 20.0. The standard InChI is InChI=1S/C21H32N2O4/c1-6-9-22-21(25)18-13-23(20(24)10-14(2)3)12-17(18)16-11-15(26-4)7-8-19(16)27-5/h7-8,11,14,17-18H,6,9-10,12-13H2,1-5H3,(H,22,25). The van der Waals surface area contributed by atoms with Crippen molar-refractivity contribution in [3.8, 4) is 11.5 Å². The molecule has 1 aliphatic heterocycles. The van der Waals surface area contributed by atoms with Gasteiger partial charge in [-0.1, -0.05) is 20.8 Å². The third-order valence-electron chi connectivity index (χ3n) is 4.98. The quantitative estimate of drug-likeness (QED) is 0.758. The van der Waals surface area contributed by atoms with Crippen LogP contribution in [0.1, 0.15) is 45.1 Å². The fraction of sp³-hybridized carbons (Fsp3) is 0.619. The molecule has 6 nitrogen and oxygen atoms in total. The van der Waals surface area contributed by atoms with Gasteiger partial charge in [-0.2, -0.15) is 0 Å². The number of carbonyl (C=O) groups is 2. The Morgan fingerprint density at radius 3 is 2.56 bits per heavy atom. The summed E-state index contributed by atoms with van der Waals surface area (Å²) < 4.78 is 10.9. The minimum absolute atomic E-state index is 0.00781. The molecule has 1 fully saturated rings. The number of hydrogen-bond acceptors (Lipinski definition) is 4. The van der Waals surface area contributed by atoms with Crippen LogP contribution in [-0.2, 0) is 9.59 Å². The maximum atomic E-state index is 12.8. The molecule has 0 saturated carbocycles. The van der Waals surface area contributed by atoms with Crippen molar-refractivity contribution in [2.24, 2.45) is 11.8 Å². The van der Waals surface area contributed by atoms with Crippen molar-refractivity contribution in [3.05, 3.63) is 23.8 Å². The van der Waals surface area contributed by atoms with E-state index in [0.29, 0.717) is 37.6 Å². The monoisotopic (exact) mass is 376 g/mol. The molecule has 1 N–H and O–H groups in total. The fourth-order valence-electron chi connectivity index (χ4n) is 3.58. The highest BCUT2D eigenvalue weighted by molar-refractivity contribution is 5.83. The Balaban J connectivity index is 2.34. The number of carbonyl (C=O) groups excluding carboxylic acids is 2. The number of benzene rings is 1. The van der Waals surface area contributed by atoms with Crippen LogP contribution in [0.3, 0.4) is 0 Å². The molecule has 27 heavy (non-hydrogen) atoms. The highest BCUT2D eigenvalue weighted by Crippen LogP contribution is 2.39. The van der Waals surface area contributed by atoms with Gasteiger partial charge in [-0.25, -0.2) is 0 Å². The lowest BCUT2D eigenvalue weighted by molar-refractivity contribution is -0.131. The van der Waals surface area contributed by atoms with Gasteiger partial charge in [0.25, 0.3) is 0 Å². The second-order valence-electron chi connectivity index (χ2n) is 7.51. The first-order chi connectivity index (χ1) is 12.9. The van der Waals surface area contributed by atoms with Gasteiger partial charge in [0.2, 0.25) is 11.8 Å². The van der Waals surface area contributed by atoms with E-state index in [0.717, 1.165) is 12.0 Å². The maximum absolute atomic E-state index is 12.8. The summed E-state index contributed by atoms with van der Waals surface area (Å²) in [6, 6.07) is 5.61. The van der Waals surface area contributed by atoms with Crippen LogP contribution in [0.4, 0.5) is 0 Å². The number of methoxy groups -OCH3 is 2. The van der Waals surface area contributed by atoms with E-state index < -0.39 is 0 Å². The average Bonchev–Trinajstić information content (AvgIpc) is 3.10. The van der Waals surface area contributed by atoms with Gasteiger partial charge in [-0.3, -0.25) is 9.59 Å². The minimum atomic E-state index is -0.298. The second kappa shape index (κ2) is 9.62. The van der Waals surface area contributed by atoms with Crippen LogP contribution in [0, 0.1) is 11.8 Å². The molecular formula is C21H32N2O4. The Bertz CT molecular complexity index is 660. The molecule has 2 amide bonds. The Labute approximate surface area is 162 Å². The molecule has 2 rings (SSSR count). The number of hydrogen-bond donors (Lipinski definition) is 1. The first kappa shape index (κ1) is 21.1. The predicted molar refractivity (Wildman–Crippen MR) is 105 cm³/mol. The minimum Gasteiger partial charge on any atom is -0.497 e. The van der Waals surface area contributed by atoms with Crippen LogP contribution < -0.4 is 14.8 Å². The second-order valence-corrected chi connectivity index (χ2v) is 7.51. The summed E-state index contributed by atoms with van der Waals surface area (Å²) in [7, 11) is 3.23. The van der Waals surface area contributed by atoms with Crippen molar-refractivity contribution in [2.45, 2.75) is 39.5 Å². The van der Waals surface area contributed by atoms with Gasteiger partial charge in [0.1, 0.15) is 11.5 Å². The van der Waals surface area contributed by atoms with Gasteiger partial charge >= 0.3 is 0 Å². The lowest BCUT2D eigenvalue weighted by Crippen LogP contribution is -2.36. The van der Waals surface area contributed by atoms with Gasteiger partial charge in [0, 0.05) is 37.5 Å². The van der Waals surface area contributed by atoms with Crippen LogP contribution in [0.15, 0.2) is 18.2 Å². The SMILES string of the molecule is CCCNC(=O)C1CN(C(=O)CC(C)C)CC1c1cc(OC)ccc1OC. The van der Waals surface area contributed by atoms with E-state index in [-0.39, 0.29) is 29.6 Å². The molecule has 0 aromatic heterocycles. The molecule has 0 spiro atoms. The number of nitrogens with zero attached hydrogens (tertiary/aromatic N) is 1. The van der Waals surface area contributed by atoms with E-state index in [1.807, 2.05) is 43.9 Å². The summed E-state index contributed by atoms with van der Waals surface area (Å²) in [6.45, 7) is 7.67. The van der Waals surface area contributed by atoms with Gasteiger partial charge in [-0.15, -0.1) is 0 Å². The Morgan fingerprint density at radius 1 is 1.22 bits per heavy atom. The zero-order valence-electron chi connectivity index (χ0n) is 17.1. The van der Waals surface area contributed by atoms with Crippen LogP contribution in [-0.4, -0.2) is 50.6 Å². The molecule has 1 heterocycles. The van der Waals surface area contributed by atoms with Gasteiger partial charge in [0.05, 0.1) is 20.1 Å². The lowest BCUT2D eigenvalue weighted by atomic mass is 9.87. The van der Waals surface area contributed by atoms with Crippen molar-refractivity contribution in [1.29, 1.82) is 0 Å². The molecule has 150 valence electrons. The van der Waals surface area contributed by atoms with Crippen molar-refractivity contribution < 1.29 is 19.1 Å².